The van der Waals surface area contributed by atoms with Crippen LogP contribution in [-0.2, 0) is 32.7 Å². The van der Waals surface area contributed by atoms with Gasteiger partial charge in [0.05, 0.1) is 19.8 Å². The van der Waals surface area contributed by atoms with Gasteiger partial charge in [-0.3, -0.25) is 18.6 Å². The van der Waals surface area contributed by atoms with Crippen molar-refractivity contribution in [1.29, 1.82) is 0 Å². The van der Waals surface area contributed by atoms with Gasteiger partial charge in [0.15, 0.2) is 6.10 Å². The smallest absolute Gasteiger partial charge is 0.462 e. The molecule has 0 saturated heterocycles. The molecule has 0 radical (unpaired) electrons. The minimum Gasteiger partial charge on any atom is -0.462 e. The van der Waals surface area contributed by atoms with Crippen LogP contribution < -0.4 is 0 Å². The number of hydrogen-bond acceptors (Lipinski definition) is 9. The van der Waals surface area contributed by atoms with E-state index in [0.29, 0.717) is 12.8 Å². The summed E-state index contributed by atoms with van der Waals surface area (Å²) in [5.74, 6) is -0.918. The molecule has 3 atom stereocenters. The second kappa shape index (κ2) is 32.5. The topological polar surface area (TPSA) is 149 Å². The average molecular weight is 681 g/mol. The second-order valence-electron chi connectivity index (χ2n) is 12.6. The Morgan fingerprint density at radius 3 is 1.35 bits per heavy atom. The molecule has 274 valence electrons. The van der Waals surface area contributed by atoms with Crippen LogP contribution in [0.15, 0.2) is 0 Å². The SMILES string of the molecule is CCCCCCCCCCCCCCC(=O)OC[C@H](COP(=O)(O)OC[C@@H](O)CO)OC(=O)CCCCCCCCCCCCC. The van der Waals surface area contributed by atoms with Gasteiger partial charge >= 0.3 is 19.8 Å². The number of carbonyl (C=O) groups is 2. The maximum atomic E-state index is 12.5. The predicted molar refractivity (Wildman–Crippen MR) is 182 cm³/mol. The number of rotatable bonds is 35. The number of hydrogen-bond donors (Lipinski definition) is 3. The first-order chi connectivity index (χ1) is 22.2. The van der Waals surface area contributed by atoms with E-state index in [4.69, 9.17) is 19.1 Å². The minimum absolute atomic E-state index is 0.191. The Hall–Kier alpha value is -1.03. The molecule has 0 aromatic heterocycles. The number of aliphatic hydroxyl groups excluding tert-OH is 2. The first kappa shape index (κ1) is 45.0. The van der Waals surface area contributed by atoms with Crippen LogP contribution in [0.1, 0.15) is 174 Å². The highest BCUT2D eigenvalue weighted by Crippen LogP contribution is 2.43. The molecule has 46 heavy (non-hydrogen) atoms. The van der Waals surface area contributed by atoms with E-state index in [-0.39, 0.29) is 19.4 Å². The maximum absolute atomic E-state index is 12.5. The van der Waals surface area contributed by atoms with Crippen LogP contribution in [0.2, 0.25) is 0 Å². The normalized spacial score (nSPS) is 14.1. The van der Waals surface area contributed by atoms with Crippen molar-refractivity contribution in [2.24, 2.45) is 0 Å². The Morgan fingerprint density at radius 2 is 0.935 bits per heavy atom. The molecule has 0 aliphatic carbocycles. The average Bonchev–Trinajstić information content (AvgIpc) is 3.04. The van der Waals surface area contributed by atoms with E-state index in [0.717, 1.165) is 38.5 Å². The molecule has 0 saturated carbocycles. The fourth-order valence-corrected chi connectivity index (χ4v) is 5.90. The van der Waals surface area contributed by atoms with Gasteiger partial charge in [0.25, 0.3) is 0 Å². The van der Waals surface area contributed by atoms with Gasteiger partial charge in [-0.15, -0.1) is 0 Å². The molecule has 0 aliphatic rings. The van der Waals surface area contributed by atoms with Crippen molar-refractivity contribution in [1.82, 2.24) is 0 Å². The van der Waals surface area contributed by atoms with Crippen molar-refractivity contribution in [3.05, 3.63) is 0 Å². The van der Waals surface area contributed by atoms with Gasteiger partial charge in [-0.1, -0.05) is 149 Å². The van der Waals surface area contributed by atoms with E-state index >= 15 is 0 Å². The molecule has 0 fully saturated rings. The summed E-state index contributed by atoms with van der Waals surface area (Å²) >= 11 is 0. The van der Waals surface area contributed by atoms with Gasteiger partial charge < -0.3 is 24.6 Å². The van der Waals surface area contributed by atoms with Crippen LogP contribution in [0.3, 0.4) is 0 Å². The largest absolute Gasteiger partial charge is 0.472 e. The van der Waals surface area contributed by atoms with E-state index < -0.39 is 51.8 Å². The number of esters is 2. The third-order valence-electron chi connectivity index (χ3n) is 8.01. The van der Waals surface area contributed by atoms with Crippen molar-refractivity contribution >= 4 is 19.8 Å². The highest BCUT2D eigenvalue weighted by molar-refractivity contribution is 7.47. The molecule has 1 unspecified atom stereocenters. The molecule has 0 aromatic carbocycles. The van der Waals surface area contributed by atoms with E-state index in [9.17, 15) is 24.2 Å². The monoisotopic (exact) mass is 680 g/mol. The summed E-state index contributed by atoms with van der Waals surface area (Å²) in [4.78, 5) is 34.7. The summed E-state index contributed by atoms with van der Waals surface area (Å²) in [6, 6.07) is 0. The number of phosphoric ester groups is 1. The molecule has 0 aromatic rings. The van der Waals surface area contributed by atoms with E-state index in [2.05, 4.69) is 18.4 Å². The van der Waals surface area contributed by atoms with Crippen LogP contribution in [0.5, 0.6) is 0 Å². The van der Waals surface area contributed by atoms with Crippen molar-refractivity contribution in [2.45, 2.75) is 187 Å². The Balaban J connectivity index is 4.36. The molecule has 11 heteroatoms. The number of unbranched alkanes of at least 4 members (excludes halogenated alkanes) is 21. The maximum Gasteiger partial charge on any atom is 0.472 e. The molecule has 3 N–H and O–H groups in total. The zero-order valence-electron chi connectivity index (χ0n) is 29.3. The lowest BCUT2D eigenvalue weighted by molar-refractivity contribution is -0.161. The fraction of sp³-hybridized carbons (Fsp3) is 0.943. The lowest BCUT2D eigenvalue weighted by atomic mass is 10.0. The highest BCUT2D eigenvalue weighted by atomic mass is 31.2. The first-order valence-corrected chi connectivity index (χ1v) is 20.0. The van der Waals surface area contributed by atoms with E-state index in [1.807, 2.05) is 0 Å². The third kappa shape index (κ3) is 31.6. The first-order valence-electron chi connectivity index (χ1n) is 18.5. The minimum atomic E-state index is -4.60. The third-order valence-corrected chi connectivity index (χ3v) is 8.96. The van der Waals surface area contributed by atoms with Gasteiger partial charge in [0.1, 0.15) is 12.7 Å². The molecule has 0 bridgehead atoms. The van der Waals surface area contributed by atoms with E-state index in [1.54, 1.807) is 0 Å². The Kier molecular flexibility index (Phi) is 31.8. The summed E-state index contributed by atoms with van der Waals surface area (Å²) < 4.78 is 32.5. The van der Waals surface area contributed by atoms with Crippen molar-refractivity contribution in [2.75, 3.05) is 26.4 Å². The molecule has 0 spiro atoms. The molecule has 0 aliphatic heterocycles. The van der Waals surface area contributed by atoms with Crippen molar-refractivity contribution < 1.29 is 47.8 Å². The summed E-state index contributed by atoms with van der Waals surface area (Å²) in [5.41, 5.74) is 0. The predicted octanol–water partition coefficient (Wildman–Crippen LogP) is 8.72. The van der Waals surface area contributed by atoms with Gasteiger partial charge in [-0.2, -0.15) is 0 Å². The summed E-state index contributed by atoms with van der Waals surface area (Å²) in [5, 5.41) is 18.2. The number of carbonyl (C=O) groups excluding carboxylic acids is 2. The Bertz CT molecular complexity index is 751. The number of phosphoric acid groups is 1. The second-order valence-corrected chi connectivity index (χ2v) is 14.1. The van der Waals surface area contributed by atoms with Crippen molar-refractivity contribution in [3.8, 4) is 0 Å². The van der Waals surface area contributed by atoms with Crippen molar-refractivity contribution in [3.63, 3.8) is 0 Å². The van der Waals surface area contributed by atoms with Crippen LogP contribution in [0.4, 0.5) is 0 Å². The number of aliphatic hydroxyl groups is 2. The molecule has 0 amide bonds. The molecule has 10 nitrogen and oxygen atoms in total. The van der Waals surface area contributed by atoms with Crippen LogP contribution in [0, 0.1) is 0 Å². The Labute approximate surface area is 280 Å². The highest BCUT2D eigenvalue weighted by Gasteiger charge is 2.27. The molecular weight excluding hydrogens is 611 g/mol. The summed E-state index contributed by atoms with van der Waals surface area (Å²) in [6.45, 7) is 2.36. The van der Waals surface area contributed by atoms with Crippen LogP contribution >= 0.6 is 7.82 Å². The number of ether oxygens (including phenoxy) is 2. The zero-order valence-corrected chi connectivity index (χ0v) is 30.2. The van der Waals surface area contributed by atoms with Gasteiger partial charge in [0, 0.05) is 12.8 Å². The Morgan fingerprint density at radius 1 is 0.565 bits per heavy atom. The summed E-state index contributed by atoms with van der Waals surface area (Å²) in [7, 11) is -4.60. The lowest BCUT2D eigenvalue weighted by Crippen LogP contribution is -2.29. The van der Waals surface area contributed by atoms with Crippen LogP contribution in [0.25, 0.3) is 0 Å². The quantitative estimate of drug-likeness (QED) is 0.0337. The lowest BCUT2D eigenvalue weighted by Gasteiger charge is -2.20. The van der Waals surface area contributed by atoms with Gasteiger partial charge in [-0.25, -0.2) is 4.57 Å². The summed E-state index contributed by atoms with van der Waals surface area (Å²) in [6.07, 6.45) is 25.0. The molecule has 0 rings (SSSR count). The van der Waals surface area contributed by atoms with Gasteiger partial charge in [-0.05, 0) is 12.8 Å². The molecular formula is C35H69O10P. The van der Waals surface area contributed by atoms with Crippen LogP contribution in [-0.4, -0.2) is 65.7 Å². The molecule has 0 heterocycles. The fourth-order valence-electron chi connectivity index (χ4n) is 5.11. The zero-order chi connectivity index (χ0) is 34.1. The van der Waals surface area contributed by atoms with Gasteiger partial charge in [0.2, 0.25) is 0 Å². The van der Waals surface area contributed by atoms with E-state index in [1.165, 1.54) is 96.3 Å². The standard InChI is InChI=1S/C35H69O10P/c1-3-5-7-9-11-13-15-17-18-20-22-24-26-34(38)42-30-33(31-44-46(40,41)43-29-32(37)28-36)45-35(39)27-25-23-21-19-16-14-12-10-8-6-4-2/h32-33,36-37H,3-31H2,1-2H3,(H,40,41)/t32-,33+/m0/s1.